The van der Waals surface area contributed by atoms with Crippen molar-refractivity contribution in [2.24, 2.45) is 0 Å². The minimum Gasteiger partial charge on any atom is -0.456 e. The van der Waals surface area contributed by atoms with Gasteiger partial charge in [0.05, 0.1) is 5.69 Å². The van der Waals surface area contributed by atoms with Crippen molar-refractivity contribution < 1.29 is 9.53 Å². The van der Waals surface area contributed by atoms with Gasteiger partial charge in [0.1, 0.15) is 6.10 Å². The van der Waals surface area contributed by atoms with E-state index in [2.05, 4.69) is 6.07 Å². The van der Waals surface area contributed by atoms with Crippen LogP contribution in [-0.4, -0.2) is 11.0 Å². The van der Waals surface area contributed by atoms with E-state index < -0.39 is 0 Å². The van der Waals surface area contributed by atoms with E-state index in [4.69, 9.17) is 9.72 Å². The van der Waals surface area contributed by atoms with Gasteiger partial charge < -0.3 is 4.74 Å². The van der Waals surface area contributed by atoms with Gasteiger partial charge in [-0.15, -0.1) is 0 Å². The normalized spacial score (nSPS) is 21.9. The molecule has 1 aromatic rings. The van der Waals surface area contributed by atoms with Crippen LogP contribution in [0.2, 0.25) is 0 Å². The van der Waals surface area contributed by atoms with Crippen LogP contribution >= 0.6 is 0 Å². The van der Waals surface area contributed by atoms with Crippen molar-refractivity contribution >= 4 is 5.97 Å². The summed E-state index contributed by atoms with van der Waals surface area (Å²) in [6.45, 7) is 1.48. The fourth-order valence-corrected chi connectivity index (χ4v) is 3.11. The Kier molecular flexibility index (Phi) is 3.06. The zero-order valence-corrected chi connectivity index (χ0v) is 10.9. The van der Waals surface area contributed by atoms with Gasteiger partial charge in [0, 0.05) is 12.6 Å². The molecular weight excluding hydrogens is 226 g/mol. The van der Waals surface area contributed by atoms with Gasteiger partial charge in [-0.3, -0.25) is 9.78 Å². The molecule has 0 amide bonds. The summed E-state index contributed by atoms with van der Waals surface area (Å²) in [5.41, 5.74) is 4.98. The molecule has 0 fully saturated rings. The quantitative estimate of drug-likeness (QED) is 0.714. The number of ether oxygens (including phenoxy) is 1. The number of rotatable bonds is 1. The second-order valence-corrected chi connectivity index (χ2v) is 5.34. The zero-order valence-electron chi connectivity index (χ0n) is 10.9. The number of nitrogens with zero attached hydrogens (tertiary/aromatic N) is 1. The first-order valence-electron chi connectivity index (χ1n) is 6.93. The van der Waals surface area contributed by atoms with E-state index >= 15 is 0 Å². The van der Waals surface area contributed by atoms with Crippen LogP contribution in [0.25, 0.3) is 0 Å². The number of hydrogen-bond donors (Lipinski definition) is 0. The number of hydrogen-bond acceptors (Lipinski definition) is 3. The summed E-state index contributed by atoms with van der Waals surface area (Å²) in [5.74, 6) is -0.202. The Bertz CT molecular complexity index is 482. The number of carbonyl (C=O) groups excluding carboxylic acids is 1. The molecule has 1 aromatic heterocycles. The highest BCUT2D eigenvalue weighted by atomic mass is 16.5. The molecule has 0 N–H and O–H groups in total. The summed E-state index contributed by atoms with van der Waals surface area (Å²) in [7, 11) is 0. The molecule has 3 nitrogen and oxygen atoms in total. The van der Waals surface area contributed by atoms with Crippen LogP contribution in [0.15, 0.2) is 6.07 Å². The second-order valence-electron chi connectivity index (χ2n) is 5.34. The van der Waals surface area contributed by atoms with E-state index in [1.807, 2.05) is 0 Å². The van der Waals surface area contributed by atoms with Crippen molar-refractivity contribution in [3.05, 3.63) is 28.6 Å². The van der Waals surface area contributed by atoms with Crippen molar-refractivity contribution in [3.8, 4) is 0 Å². The number of carbonyl (C=O) groups is 1. The molecule has 1 unspecified atom stereocenters. The molecule has 96 valence electrons. The van der Waals surface area contributed by atoms with Crippen LogP contribution in [0.3, 0.4) is 0 Å². The van der Waals surface area contributed by atoms with E-state index in [0.717, 1.165) is 37.8 Å². The summed E-state index contributed by atoms with van der Waals surface area (Å²) in [6, 6.07) is 2.31. The largest absolute Gasteiger partial charge is 0.456 e. The van der Waals surface area contributed by atoms with Crippen LogP contribution in [-0.2, 0) is 28.8 Å². The molecule has 0 bridgehead atoms. The van der Waals surface area contributed by atoms with Crippen molar-refractivity contribution in [1.29, 1.82) is 0 Å². The number of esters is 1. The van der Waals surface area contributed by atoms with Crippen molar-refractivity contribution in [2.75, 3.05) is 0 Å². The third kappa shape index (κ3) is 2.14. The lowest BCUT2D eigenvalue weighted by Crippen LogP contribution is -2.19. The molecule has 0 aliphatic heterocycles. The minimum absolute atomic E-state index is 0.113. The van der Waals surface area contributed by atoms with Crippen LogP contribution in [0, 0.1) is 0 Å². The van der Waals surface area contributed by atoms with Crippen LogP contribution in [0.5, 0.6) is 0 Å². The lowest BCUT2D eigenvalue weighted by molar-refractivity contribution is -0.147. The number of aromatic nitrogens is 1. The fraction of sp³-hybridized carbons (Fsp3) is 0.600. The molecule has 0 saturated carbocycles. The summed E-state index contributed by atoms with van der Waals surface area (Å²) >= 11 is 0. The Labute approximate surface area is 108 Å². The molecule has 0 aromatic carbocycles. The molecular formula is C15H19NO2. The number of pyridine rings is 1. The van der Waals surface area contributed by atoms with Crippen molar-refractivity contribution in [3.63, 3.8) is 0 Å². The molecule has 2 aliphatic rings. The summed E-state index contributed by atoms with van der Waals surface area (Å²) < 4.78 is 5.41. The smallest absolute Gasteiger partial charge is 0.303 e. The first kappa shape index (κ1) is 11.7. The molecule has 1 heterocycles. The van der Waals surface area contributed by atoms with Gasteiger partial charge in [0.15, 0.2) is 0 Å². The van der Waals surface area contributed by atoms with Gasteiger partial charge in [-0.05, 0) is 56.1 Å². The predicted octanol–water partition coefficient (Wildman–Crippen LogP) is 2.90. The Morgan fingerprint density at radius 2 is 2.00 bits per heavy atom. The van der Waals surface area contributed by atoms with Gasteiger partial charge in [-0.25, -0.2) is 0 Å². The zero-order chi connectivity index (χ0) is 12.5. The third-order valence-corrected chi connectivity index (χ3v) is 3.94. The topological polar surface area (TPSA) is 39.2 Å². The highest BCUT2D eigenvalue weighted by Crippen LogP contribution is 2.34. The standard InChI is InChI=1S/C15H19NO2/c1-10(17)18-14-8-4-6-12-9-11-5-2-3-7-13(11)16-15(12)14/h9,14H,2-8H2,1H3. The van der Waals surface area contributed by atoms with Gasteiger partial charge in [-0.1, -0.05) is 6.07 Å². The SMILES string of the molecule is CC(=O)OC1CCCc2cc3c(nc21)CCCC3. The fourth-order valence-electron chi connectivity index (χ4n) is 3.11. The van der Waals surface area contributed by atoms with Crippen LogP contribution in [0.4, 0.5) is 0 Å². The average Bonchev–Trinajstić information content (AvgIpc) is 2.36. The molecule has 3 rings (SSSR count). The second kappa shape index (κ2) is 4.71. The van der Waals surface area contributed by atoms with E-state index in [1.54, 1.807) is 0 Å². The maximum absolute atomic E-state index is 11.2. The summed E-state index contributed by atoms with van der Waals surface area (Å²) in [6.07, 6.45) is 7.72. The Balaban J connectivity index is 1.98. The van der Waals surface area contributed by atoms with Crippen molar-refractivity contribution in [2.45, 2.75) is 58.0 Å². The molecule has 0 radical (unpaired) electrons. The molecule has 0 saturated heterocycles. The number of aryl methyl sites for hydroxylation is 3. The lowest BCUT2D eigenvalue weighted by atomic mass is 9.88. The number of fused-ring (bicyclic) bond motifs is 2. The van der Waals surface area contributed by atoms with Crippen LogP contribution in [0.1, 0.15) is 61.2 Å². The monoisotopic (exact) mass is 245 g/mol. The third-order valence-electron chi connectivity index (χ3n) is 3.94. The lowest BCUT2D eigenvalue weighted by Gasteiger charge is -2.27. The highest BCUT2D eigenvalue weighted by Gasteiger charge is 2.26. The maximum Gasteiger partial charge on any atom is 0.303 e. The first-order chi connectivity index (χ1) is 8.74. The maximum atomic E-state index is 11.2. The Morgan fingerprint density at radius 3 is 2.83 bits per heavy atom. The van der Waals surface area contributed by atoms with E-state index in [1.165, 1.54) is 36.6 Å². The highest BCUT2D eigenvalue weighted by molar-refractivity contribution is 5.66. The molecule has 3 heteroatoms. The minimum atomic E-state index is -0.202. The van der Waals surface area contributed by atoms with Gasteiger partial charge >= 0.3 is 5.97 Å². The Hall–Kier alpha value is -1.38. The van der Waals surface area contributed by atoms with E-state index in [-0.39, 0.29) is 12.1 Å². The van der Waals surface area contributed by atoms with Crippen LogP contribution < -0.4 is 0 Å². The molecule has 0 spiro atoms. The van der Waals surface area contributed by atoms with Crippen molar-refractivity contribution in [1.82, 2.24) is 4.98 Å². The molecule has 18 heavy (non-hydrogen) atoms. The van der Waals surface area contributed by atoms with Gasteiger partial charge in [-0.2, -0.15) is 0 Å². The van der Waals surface area contributed by atoms with E-state index in [9.17, 15) is 4.79 Å². The Morgan fingerprint density at radius 1 is 1.22 bits per heavy atom. The van der Waals surface area contributed by atoms with Gasteiger partial charge in [0.25, 0.3) is 0 Å². The molecule has 1 atom stereocenters. The first-order valence-corrected chi connectivity index (χ1v) is 6.93. The summed E-state index contributed by atoms with van der Waals surface area (Å²) in [4.78, 5) is 16.0. The van der Waals surface area contributed by atoms with Gasteiger partial charge in [0.2, 0.25) is 0 Å². The average molecular weight is 245 g/mol. The summed E-state index contributed by atoms with van der Waals surface area (Å²) in [5, 5.41) is 0. The molecule has 2 aliphatic carbocycles. The van der Waals surface area contributed by atoms with E-state index in [0.29, 0.717) is 0 Å². The predicted molar refractivity (Wildman–Crippen MR) is 68.3 cm³/mol.